The molecule has 7 heteroatoms. The third-order valence-electron chi connectivity index (χ3n) is 4.33. The van der Waals surface area contributed by atoms with Gasteiger partial charge < -0.3 is 4.90 Å². The van der Waals surface area contributed by atoms with E-state index >= 15 is 0 Å². The average Bonchev–Trinajstić information content (AvgIpc) is 2.62. The van der Waals surface area contributed by atoms with E-state index in [9.17, 15) is 13.2 Å². The number of carbonyl (C=O) groups is 1. The van der Waals surface area contributed by atoms with E-state index in [-0.39, 0.29) is 10.7 Å². The van der Waals surface area contributed by atoms with Gasteiger partial charge in [0.2, 0.25) is 10.0 Å². The maximum atomic E-state index is 12.8. The number of pyridine rings is 1. The fourth-order valence-corrected chi connectivity index (χ4v) is 4.30. The van der Waals surface area contributed by atoms with Crippen LogP contribution in [0.2, 0.25) is 0 Å². The van der Waals surface area contributed by atoms with Crippen LogP contribution in [0.3, 0.4) is 0 Å². The Balaban J connectivity index is 1.72. The number of ketones is 1. The highest BCUT2D eigenvalue weighted by Gasteiger charge is 2.28. The van der Waals surface area contributed by atoms with Crippen molar-refractivity contribution in [1.29, 1.82) is 0 Å². The number of carbonyl (C=O) groups excluding carboxylic acids is 1. The highest BCUT2D eigenvalue weighted by molar-refractivity contribution is 7.89. The number of hydrogen-bond acceptors (Lipinski definition) is 5. The lowest BCUT2D eigenvalue weighted by atomic mass is 10.2. The minimum absolute atomic E-state index is 0.0804. The number of anilines is 1. The quantitative estimate of drug-likeness (QED) is 0.782. The zero-order valence-electron chi connectivity index (χ0n) is 14.3. The van der Waals surface area contributed by atoms with Crippen LogP contribution in [0, 0.1) is 6.92 Å². The van der Waals surface area contributed by atoms with Gasteiger partial charge in [0, 0.05) is 37.4 Å². The summed E-state index contributed by atoms with van der Waals surface area (Å²) in [4.78, 5) is 18.1. The lowest BCUT2D eigenvalue weighted by molar-refractivity contribution is 0.101. The number of sulfonamides is 1. The van der Waals surface area contributed by atoms with Gasteiger partial charge in [0.25, 0.3) is 0 Å². The van der Waals surface area contributed by atoms with Crippen LogP contribution in [0.25, 0.3) is 0 Å². The van der Waals surface area contributed by atoms with Crippen LogP contribution >= 0.6 is 0 Å². The van der Waals surface area contributed by atoms with Gasteiger partial charge in [-0.05, 0) is 38.1 Å². The second-order valence-corrected chi connectivity index (χ2v) is 8.05. The molecule has 2 heterocycles. The van der Waals surface area contributed by atoms with E-state index < -0.39 is 10.0 Å². The summed E-state index contributed by atoms with van der Waals surface area (Å²) in [6.45, 7) is 5.41. The van der Waals surface area contributed by atoms with Crippen molar-refractivity contribution in [2.24, 2.45) is 0 Å². The van der Waals surface area contributed by atoms with E-state index in [1.807, 2.05) is 25.1 Å². The molecule has 0 bridgehead atoms. The van der Waals surface area contributed by atoms with Gasteiger partial charge in [-0.2, -0.15) is 4.31 Å². The molecule has 0 atom stereocenters. The highest BCUT2D eigenvalue weighted by Crippen LogP contribution is 2.20. The molecule has 1 aliphatic heterocycles. The molecule has 1 aromatic heterocycles. The van der Waals surface area contributed by atoms with Crippen LogP contribution in [-0.2, 0) is 10.0 Å². The molecule has 1 aromatic carbocycles. The number of aromatic nitrogens is 1. The van der Waals surface area contributed by atoms with Gasteiger partial charge in [-0.1, -0.05) is 18.2 Å². The second kappa shape index (κ2) is 6.93. The van der Waals surface area contributed by atoms with Crippen molar-refractivity contribution in [2.75, 3.05) is 31.1 Å². The Labute approximate surface area is 148 Å². The zero-order chi connectivity index (χ0) is 18.0. The Morgan fingerprint density at radius 1 is 1.00 bits per heavy atom. The third kappa shape index (κ3) is 3.72. The van der Waals surface area contributed by atoms with Gasteiger partial charge in [0.05, 0.1) is 4.90 Å². The summed E-state index contributed by atoms with van der Waals surface area (Å²) in [6.07, 6.45) is 0. The predicted molar refractivity (Wildman–Crippen MR) is 96.4 cm³/mol. The minimum atomic E-state index is -3.54. The van der Waals surface area contributed by atoms with Crippen LogP contribution < -0.4 is 4.90 Å². The molecule has 3 rings (SSSR count). The minimum Gasteiger partial charge on any atom is -0.354 e. The molecule has 0 spiro atoms. The van der Waals surface area contributed by atoms with Gasteiger partial charge in [-0.25, -0.2) is 13.4 Å². The van der Waals surface area contributed by atoms with Crippen molar-refractivity contribution < 1.29 is 13.2 Å². The van der Waals surface area contributed by atoms with Crippen molar-refractivity contribution >= 4 is 21.6 Å². The lowest BCUT2D eigenvalue weighted by Gasteiger charge is -2.34. The molecule has 25 heavy (non-hydrogen) atoms. The van der Waals surface area contributed by atoms with E-state index in [1.165, 1.54) is 23.4 Å². The fourth-order valence-electron chi connectivity index (χ4n) is 2.87. The van der Waals surface area contributed by atoms with Crippen LogP contribution in [0.1, 0.15) is 23.0 Å². The first-order valence-corrected chi connectivity index (χ1v) is 9.62. The van der Waals surface area contributed by atoms with Crippen molar-refractivity contribution in [2.45, 2.75) is 18.7 Å². The molecule has 1 saturated heterocycles. The zero-order valence-corrected chi connectivity index (χ0v) is 15.2. The Morgan fingerprint density at radius 2 is 1.64 bits per heavy atom. The van der Waals surface area contributed by atoms with E-state index in [0.717, 1.165) is 11.5 Å². The molecular weight excluding hydrogens is 338 g/mol. The molecule has 0 N–H and O–H groups in total. The summed E-state index contributed by atoms with van der Waals surface area (Å²) in [5.74, 6) is 0.797. The summed E-state index contributed by atoms with van der Waals surface area (Å²) in [5.41, 5.74) is 1.45. The molecule has 0 unspecified atom stereocenters. The topological polar surface area (TPSA) is 70.6 Å². The van der Waals surface area contributed by atoms with Crippen molar-refractivity contribution in [3.8, 4) is 0 Å². The average molecular weight is 359 g/mol. The van der Waals surface area contributed by atoms with E-state index in [4.69, 9.17) is 0 Å². The molecule has 1 fully saturated rings. The summed E-state index contributed by atoms with van der Waals surface area (Å²) in [6, 6.07) is 12.0. The Bertz CT molecular complexity index is 871. The van der Waals surface area contributed by atoms with E-state index in [0.29, 0.717) is 31.7 Å². The number of Topliss-reactive ketones (excluding diaryl/α,β-unsaturated/α-hetero) is 1. The van der Waals surface area contributed by atoms with Crippen LogP contribution in [0.5, 0.6) is 0 Å². The number of nitrogens with zero attached hydrogens (tertiary/aromatic N) is 3. The fraction of sp³-hybridized carbons (Fsp3) is 0.333. The first kappa shape index (κ1) is 17.6. The summed E-state index contributed by atoms with van der Waals surface area (Å²) in [5, 5.41) is 0. The van der Waals surface area contributed by atoms with Gasteiger partial charge in [-0.15, -0.1) is 0 Å². The highest BCUT2D eigenvalue weighted by atomic mass is 32.2. The standard InChI is InChI=1S/C18H21N3O3S/c1-14-4-3-5-18(19-14)20-10-12-21(13-11-20)25(23,24)17-8-6-16(7-9-17)15(2)22/h3-9H,10-13H2,1-2H3. The Hall–Kier alpha value is -2.25. The maximum Gasteiger partial charge on any atom is 0.243 e. The first-order chi connectivity index (χ1) is 11.9. The van der Waals surface area contributed by atoms with Crippen molar-refractivity contribution in [1.82, 2.24) is 9.29 Å². The molecule has 6 nitrogen and oxygen atoms in total. The van der Waals surface area contributed by atoms with E-state index in [1.54, 1.807) is 12.1 Å². The summed E-state index contributed by atoms with van der Waals surface area (Å²) < 4.78 is 27.0. The van der Waals surface area contributed by atoms with Gasteiger partial charge in [0.1, 0.15) is 5.82 Å². The van der Waals surface area contributed by atoms with Gasteiger partial charge in [-0.3, -0.25) is 4.79 Å². The number of benzene rings is 1. The second-order valence-electron chi connectivity index (χ2n) is 6.11. The summed E-state index contributed by atoms with van der Waals surface area (Å²) >= 11 is 0. The largest absolute Gasteiger partial charge is 0.354 e. The van der Waals surface area contributed by atoms with Crippen LogP contribution in [0.15, 0.2) is 47.4 Å². The number of piperazine rings is 1. The predicted octanol–water partition coefficient (Wildman–Crippen LogP) is 2.10. The van der Waals surface area contributed by atoms with Crippen LogP contribution in [-0.4, -0.2) is 49.7 Å². The molecule has 0 saturated carbocycles. The molecule has 132 valence electrons. The molecule has 1 aliphatic rings. The van der Waals surface area contributed by atoms with Gasteiger partial charge in [0.15, 0.2) is 5.78 Å². The summed E-state index contributed by atoms with van der Waals surface area (Å²) in [7, 11) is -3.54. The molecule has 0 radical (unpaired) electrons. The molecule has 2 aromatic rings. The third-order valence-corrected chi connectivity index (χ3v) is 6.25. The SMILES string of the molecule is CC(=O)c1ccc(S(=O)(=O)N2CCN(c3cccc(C)n3)CC2)cc1. The molecule has 0 aliphatic carbocycles. The normalized spacial score (nSPS) is 16.0. The van der Waals surface area contributed by atoms with E-state index in [2.05, 4.69) is 9.88 Å². The number of hydrogen-bond donors (Lipinski definition) is 0. The molecular formula is C18H21N3O3S. The lowest BCUT2D eigenvalue weighted by Crippen LogP contribution is -2.48. The maximum absolute atomic E-state index is 12.8. The Kier molecular flexibility index (Phi) is 4.87. The van der Waals surface area contributed by atoms with Crippen LogP contribution in [0.4, 0.5) is 5.82 Å². The smallest absolute Gasteiger partial charge is 0.243 e. The number of rotatable bonds is 4. The Morgan fingerprint density at radius 3 is 2.20 bits per heavy atom. The monoisotopic (exact) mass is 359 g/mol. The molecule has 0 amide bonds. The van der Waals surface area contributed by atoms with Crippen molar-refractivity contribution in [3.63, 3.8) is 0 Å². The number of aryl methyl sites for hydroxylation is 1. The first-order valence-electron chi connectivity index (χ1n) is 8.18. The van der Waals surface area contributed by atoms with Gasteiger partial charge >= 0.3 is 0 Å². The van der Waals surface area contributed by atoms with Crippen molar-refractivity contribution in [3.05, 3.63) is 53.7 Å².